The van der Waals surface area contributed by atoms with Gasteiger partial charge in [-0.25, -0.2) is 0 Å². The highest BCUT2D eigenvalue weighted by Gasteiger charge is 2.12. The number of rotatable bonds is 4. The molecule has 0 radical (unpaired) electrons. The minimum atomic E-state index is 0.729. The molecular weight excluding hydrogens is 316 g/mol. The van der Waals surface area contributed by atoms with Crippen LogP contribution in [0.2, 0.25) is 0 Å². The minimum absolute atomic E-state index is 0.729. The zero-order chi connectivity index (χ0) is 17.8. The van der Waals surface area contributed by atoms with Crippen LogP contribution in [-0.2, 0) is 0 Å². The molecule has 0 bridgehead atoms. The lowest BCUT2D eigenvalue weighted by molar-refractivity contribution is 1.52. The van der Waals surface area contributed by atoms with Gasteiger partial charge in [0.05, 0.1) is 11.4 Å². The van der Waals surface area contributed by atoms with E-state index in [0.29, 0.717) is 0 Å². The first-order valence-electron chi connectivity index (χ1n) is 8.68. The highest BCUT2D eigenvalue weighted by atomic mass is 14.9. The predicted octanol–water partition coefficient (Wildman–Crippen LogP) is 6.35. The Bertz CT molecular complexity index is 994. The molecule has 0 heterocycles. The van der Waals surface area contributed by atoms with Gasteiger partial charge in [-0.15, -0.1) is 0 Å². The molecule has 26 heavy (non-hydrogen) atoms. The second-order valence-electron chi connectivity index (χ2n) is 6.21. The van der Waals surface area contributed by atoms with Crippen molar-refractivity contribution in [2.75, 3.05) is 11.1 Å². The molecule has 0 unspecified atom stereocenters. The van der Waals surface area contributed by atoms with E-state index < -0.39 is 0 Å². The maximum atomic E-state index is 6.39. The largest absolute Gasteiger partial charge is 0.397 e. The van der Waals surface area contributed by atoms with E-state index in [0.717, 1.165) is 33.8 Å². The van der Waals surface area contributed by atoms with Gasteiger partial charge < -0.3 is 11.1 Å². The third-order valence-electron chi connectivity index (χ3n) is 4.41. The van der Waals surface area contributed by atoms with Gasteiger partial charge in [-0.05, 0) is 46.5 Å². The molecule has 0 aliphatic carbocycles. The third kappa shape index (κ3) is 3.31. The average Bonchev–Trinajstić information content (AvgIpc) is 2.71. The number of para-hydroxylation sites is 1. The van der Waals surface area contributed by atoms with Gasteiger partial charge >= 0.3 is 0 Å². The zero-order valence-electron chi connectivity index (χ0n) is 14.4. The molecule has 0 aromatic heterocycles. The van der Waals surface area contributed by atoms with Crippen molar-refractivity contribution >= 4 is 17.1 Å². The van der Waals surface area contributed by atoms with E-state index >= 15 is 0 Å². The maximum absolute atomic E-state index is 6.39. The van der Waals surface area contributed by atoms with Crippen LogP contribution in [0.15, 0.2) is 103 Å². The number of benzene rings is 4. The second-order valence-corrected chi connectivity index (χ2v) is 6.21. The van der Waals surface area contributed by atoms with Crippen LogP contribution in [-0.4, -0.2) is 0 Å². The summed E-state index contributed by atoms with van der Waals surface area (Å²) in [5, 5.41) is 3.44. The Morgan fingerprint density at radius 3 is 1.54 bits per heavy atom. The Kier molecular flexibility index (Phi) is 4.40. The molecule has 0 fully saturated rings. The van der Waals surface area contributed by atoms with Crippen LogP contribution in [0.3, 0.4) is 0 Å². The quantitative estimate of drug-likeness (QED) is 0.426. The molecule has 0 amide bonds. The van der Waals surface area contributed by atoms with Gasteiger partial charge in [0.25, 0.3) is 0 Å². The lowest BCUT2D eigenvalue weighted by Crippen LogP contribution is -1.98. The van der Waals surface area contributed by atoms with Crippen LogP contribution >= 0.6 is 0 Å². The number of anilines is 3. The Hall–Kier alpha value is -3.52. The second kappa shape index (κ2) is 7.16. The summed E-state index contributed by atoms with van der Waals surface area (Å²) in [4.78, 5) is 0. The Morgan fingerprint density at radius 2 is 1.00 bits per heavy atom. The van der Waals surface area contributed by atoms with Crippen LogP contribution in [0, 0.1) is 0 Å². The highest BCUT2D eigenvalue weighted by molar-refractivity contribution is 5.91. The molecule has 4 rings (SSSR count). The summed E-state index contributed by atoms with van der Waals surface area (Å²) in [5.41, 5.74) is 13.7. The van der Waals surface area contributed by atoms with Crippen LogP contribution in [0.1, 0.15) is 0 Å². The van der Waals surface area contributed by atoms with Crippen molar-refractivity contribution in [1.82, 2.24) is 0 Å². The fourth-order valence-corrected chi connectivity index (χ4v) is 3.11. The zero-order valence-corrected chi connectivity index (χ0v) is 14.4. The van der Waals surface area contributed by atoms with Crippen molar-refractivity contribution in [3.8, 4) is 22.3 Å². The molecule has 3 N–H and O–H groups in total. The lowest BCUT2D eigenvalue weighted by Gasteiger charge is -2.16. The number of hydrogen-bond donors (Lipinski definition) is 2. The van der Waals surface area contributed by atoms with Crippen molar-refractivity contribution in [1.29, 1.82) is 0 Å². The first kappa shape index (κ1) is 16.0. The Labute approximate surface area is 153 Å². The smallest absolute Gasteiger partial charge is 0.0624 e. The summed E-state index contributed by atoms with van der Waals surface area (Å²) in [7, 11) is 0. The number of nitrogens with two attached hydrogens (primary N) is 1. The molecule has 0 atom stereocenters. The molecule has 2 heteroatoms. The molecule has 4 aromatic rings. The molecule has 0 spiro atoms. The van der Waals surface area contributed by atoms with Crippen molar-refractivity contribution < 1.29 is 0 Å². The standard InChI is InChI=1S/C24H20N2/c25-23-16-21(18-10-4-1-5-11-18)22(19-12-6-2-7-13-19)17-24(23)26-20-14-8-3-9-15-20/h1-17,26H,25H2. The monoisotopic (exact) mass is 336 g/mol. The fraction of sp³-hybridized carbons (Fsp3) is 0. The SMILES string of the molecule is Nc1cc(-c2ccccc2)c(-c2ccccc2)cc1Nc1ccccc1. The van der Waals surface area contributed by atoms with E-state index in [2.05, 4.69) is 66.0 Å². The van der Waals surface area contributed by atoms with E-state index in [1.165, 1.54) is 5.56 Å². The van der Waals surface area contributed by atoms with Crippen molar-refractivity contribution in [3.05, 3.63) is 103 Å². The predicted molar refractivity (Wildman–Crippen MR) is 111 cm³/mol. The molecule has 0 saturated heterocycles. The summed E-state index contributed by atoms with van der Waals surface area (Å²) < 4.78 is 0. The Morgan fingerprint density at radius 1 is 0.538 bits per heavy atom. The van der Waals surface area contributed by atoms with Crippen molar-refractivity contribution in [2.24, 2.45) is 0 Å². The maximum Gasteiger partial charge on any atom is 0.0624 e. The number of hydrogen-bond acceptors (Lipinski definition) is 2. The van der Waals surface area contributed by atoms with Crippen LogP contribution < -0.4 is 11.1 Å². The van der Waals surface area contributed by atoms with Gasteiger partial charge in [0.1, 0.15) is 0 Å². The van der Waals surface area contributed by atoms with Gasteiger partial charge in [0, 0.05) is 5.69 Å². The van der Waals surface area contributed by atoms with E-state index in [9.17, 15) is 0 Å². The van der Waals surface area contributed by atoms with Gasteiger partial charge in [-0.2, -0.15) is 0 Å². The normalized spacial score (nSPS) is 10.5. The topological polar surface area (TPSA) is 38.0 Å². The van der Waals surface area contributed by atoms with Gasteiger partial charge in [0.2, 0.25) is 0 Å². The number of nitrogens with one attached hydrogen (secondary N) is 1. The number of nitrogen functional groups attached to an aromatic ring is 1. The van der Waals surface area contributed by atoms with E-state index in [1.807, 2.05) is 42.5 Å². The molecule has 0 saturated carbocycles. The average molecular weight is 336 g/mol. The Balaban J connectivity index is 1.86. The molecule has 2 nitrogen and oxygen atoms in total. The van der Waals surface area contributed by atoms with Crippen molar-refractivity contribution in [3.63, 3.8) is 0 Å². The summed E-state index contributed by atoms with van der Waals surface area (Å²) in [6.07, 6.45) is 0. The lowest BCUT2D eigenvalue weighted by atomic mass is 9.93. The molecule has 4 aromatic carbocycles. The first-order chi connectivity index (χ1) is 12.8. The summed E-state index contributed by atoms with van der Waals surface area (Å²) >= 11 is 0. The fourth-order valence-electron chi connectivity index (χ4n) is 3.11. The van der Waals surface area contributed by atoms with Crippen LogP contribution in [0.25, 0.3) is 22.3 Å². The van der Waals surface area contributed by atoms with Gasteiger partial charge in [-0.1, -0.05) is 78.9 Å². The van der Waals surface area contributed by atoms with Gasteiger partial charge in [-0.3, -0.25) is 0 Å². The van der Waals surface area contributed by atoms with Crippen molar-refractivity contribution in [2.45, 2.75) is 0 Å². The van der Waals surface area contributed by atoms with Crippen LogP contribution in [0.4, 0.5) is 17.1 Å². The summed E-state index contributed by atoms with van der Waals surface area (Å²) in [6, 6.07) is 35.1. The van der Waals surface area contributed by atoms with Gasteiger partial charge in [0.15, 0.2) is 0 Å². The molecule has 0 aliphatic rings. The third-order valence-corrected chi connectivity index (χ3v) is 4.41. The summed E-state index contributed by atoms with van der Waals surface area (Å²) in [6.45, 7) is 0. The first-order valence-corrected chi connectivity index (χ1v) is 8.68. The van der Waals surface area contributed by atoms with E-state index in [1.54, 1.807) is 0 Å². The molecule has 126 valence electrons. The summed E-state index contributed by atoms with van der Waals surface area (Å²) in [5.74, 6) is 0. The van der Waals surface area contributed by atoms with E-state index in [4.69, 9.17) is 5.73 Å². The molecular formula is C24H20N2. The highest BCUT2D eigenvalue weighted by Crippen LogP contribution is 2.38. The molecule has 0 aliphatic heterocycles. The van der Waals surface area contributed by atoms with Crippen LogP contribution in [0.5, 0.6) is 0 Å². The minimum Gasteiger partial charge on any atom is -0.397 e. The van der Waals surface area contributed by atoms with E-state index in [-0.39, 0.29) is 0 Å².